The first-order chi connectivity index (χ1) is 13.3. The van der Waals surface area contributed by atoms with Crippen molar-refractivity contribution in [1.29, 1.82) is 0 Å². The number of aromatic nitrogens is 1. The molecule has 0 bridgehead atoms. The van der Waals surface area contributed by atoms with Crippen LogP contribution >= 0.6 is 11.6 Å². The molecule has 150 valence electrons. The summed E-state index contributed by atoms with van der Waals surface area (Å²) in [6, 6.07) is 4.98. The van der Waals surface area contributed by atoms with Crippen molar-refractivity contribution in [3.05, 3.63) is 34.5 Å². The number of hydrogen-bond donors (Lipinski definition) is 3. The lowest BCUT2D eigenvalue weighted by Crippen LogP contribution is -2.47. The number of nitrogens with one attached hydrogen (secondary N) is 3. The number of rotatable bonds is 3. The fourth-order valence-corrected chi connectivity index (χ4v) is 5.69. The van der Waals surface area contributed by atoms with Crippen LogP contribution in [0.4, 0.5) is 4.79 Å². The zero-order valence-electron chi connectivity index (χ0n) is 15.1. The summed E-state index contributed by atoms with van der Waals surface area (Å²) in [5, 5.41) is 7.03. The summed E-state index contributed by atoms with van der Waals surface area (Å²) in [6.07, 6.45) is 1.12. The topological polar surface area (TPSA) is 111 Å². The van der Waals surface area contributed by atoms with Gasteiger partial charge in [0.15, 0.2) is 9.84 Å². The Balaban J connectivity index is 1.32. The molecule has 10 heteroatoms. The van der Waals surface area contributed by atoms with Crippen molar-refractivity contribution in [2.75, 3.05) is 24.6 Å². The molecule has 1 aromatic heterocycles. The van der Waals surface area contributed by atoms with Gasteiger partial charge in [0.25, 0.3) is 0 Å². The minimum Gasteiger partial charge on any atom is -0.357 e. The molecular formula is C18H21ClN4O4S. The van der Waals surface area contributed by atoms with E-state index in [1.807, 2.05) is 18.2 Å². The van der Waals surface area contributed by atoms with E-state index in [0.717, 1.165) is 16.6 Å². The van der Waals surface area contributed by atoms with Crippen LogP contribution in [-0.4, -0.2) is 60.9 Å². The van der Waals surface area contributed by atoms with Gasteiger partial charge in [0.05, 0.1) is 24.6 Å². The number of H-pyrrole nitrogens is 1. The first-order valence-corrected chi connectivity index (χ1v) is 11.3. The SMILES string of the molecule is O=C(CNC(=O)N1CCc2c([nH]c3ccc(Cl)cc23)C1)N[C@H]1CCS(=O)(=O)C1. The standard InChI is InChI=1S/C18H21ClN4O4S/c19-11-1-2-15-14(7-11)13-3-5-23(9-16(13)22-15)18(25)20-8-17(24)21-12-4-6-28(26,27)10-12/h1-2,7,12,22H,3-6,8-10H2,(H,20,25)(H,21,24)/t12-/m0/s1. The molecule has 3 heterocycles. The number of urea groups is 1. The Morgan fingerprint density at radius 2 is 2.14 bits per heavy atom. The van der Waals surface area contributed by atoms with Crippen molar-refractivity contribution in [2.45, 2.75) is 25.4 Å². The van der Waals surface area contributed by atoms with E-state index in [1.165, 1.54) is 5.56 Å². The highest BCUT2D eigenvalue weighted by Crippen LogP contribution is 2.29. The van der Waals surface area contributed by atoms with E-state index >= 15 is 0 Å². The molecule has 2 aliphatic heterocycles. The van der Waals surface area contributed by atoms with Crippen LogP contribution in [0.3, 0.4) is 0 Å². The molecule has 0 unspecified atom stereocenters. The molecule has 0 aliphatic carbocycles. The van der Waals surface area contributed by atoms with Crippen LogP contribution < -0.4 is 10.6 Å². The molecule has 1 aromatic carbocycles. The van der Waals surface area contributed by atoms with Gasteiger partial charge in [0, 0.05) is 34.2 Å². The van der Waals surface area contributed by atoms with Crippen molar-refractivity contribution >= 4 is 44.3 Å². The van der Waals surface area contributed by atoms with Gasteiger partial charge >= 0.3 is 6.03 Å². The summed E-state index contributed by atoms with van der Waals surface area (Å²) in [7, 11) is -3.05. The van der Waals surface area contributed by atoms with Crippen LogP contribution in [0.1, 0.15) is 17.7 Å². The number of benzene rings is 1. The molecular weight excluding hydrogens is 404 g/mol. The molecule has 3 N–H and O–H groups in total. The zero-order valence-corrected chi connectivity index (χ0v) is 16.7. The number of aromatic amines is 1. The van der Waals surface area contributed by atoms with Crippen LogP contribution in [-0.2, 0) is 27.6 Å². The summed E-state index contributed by atoms with van der Waals surface area (Å²) in [5.41, 5.74) is 3.13. The Labute approximate surface area is 167 Å². The van der Waals surface area contributed by atoms with E-state index in [2.05, 4.69) is 15.6 Å². The van der Waals surface area contributed by atoms with E-state index in [1.54, 1.807) is 4.90 Å². The Bertz CT molecular complexity index is 1050. The number of sulfone groups is 1. The number of hydrogen-bond acceptors (Lipinski definition) is 4. The van der Waals surface area contributed by atoms with E-state index in [0.29, 0.717) is 31.0 Å². The van der Waals surface area contributed by atoms with Crippen LogP contribution in [0.2, 0.25) is 5.02 Å². The normalized spacial score (nSPS) is 20.8. The minimum atomic E-state index is -3.05. The maximum Gasteiger partial charge on any atom is 0.318 e. The second-order valence-corrected chi connectivity index (χ2v) is 9.93. The molecule has 0 radical (unpaired) electrons. The Morgan fingerprint density at radius 3 is 2.89 bits per heavy atom. The van der Waals surface area contributed by atoms with E-state index in [9.17, 15) is 18.0 Å². The van der Waals surface area contributed by atoms with Gasteiger partial charge in [0.1, 0.15) is 0 Å². The lowest BCUT2D eigenvalue weighted by Gasteiger charge is -2.27. The number of nitrogens with zero attached hydrogens (tertiary/aromatic N) is 1. The molecule has 0 saturated carbocycles. The third-order valence-corrected chi connectivity index (χ3v) is 7.23. The largest absolute Gasteiger partial charge is 0.357 e. The fraction of sp³-hybridized carbons (Fsp3) is 0.444. The lowest BCUT2D eigenvalue weighted by molar-refractivity contribution is -0.120. The third kappa shape index (κ3) is 3.95. The first-order valence-electron chi connectivity index (χ1n) is 9.12. The molecule has 2 aromatic rings. The number of fused-ring (bicyclic) bond motifs is 3. The van der Waals surface area contributed by atoms with E-state index in [4.69, 9.17) is 11.6 Å². The molecule has 2 aliphatic rings. The molecule has 1 fully saturated rings. The number of amides is 3. The maximum atomic E-state index is 12.4. The minimum absolute atomic E-state index is 0.0357. The van der Waals surface area contributed by atoms with Gasteiger partial charge in [0.2, 0.25) is 5.91 Å². The van der Waals surface area contributed by atoms with Crippen molar-refractivity contribution in [3.8, 4) is 0 Å². The van der Waals surface area contributed by atoms with Crippen molar-refractivity contribution < 1.29 is 18.0 Å². The van der Waals surface area contributed by atoms with Crippen LogP contribution in [0, 0.1) is 0 Å². The quantitative estimate of drug-likeness (QED) is 0.687. The van der Waals surface area contributed by atoms with Gasteiger partial charge < -0.3 is 20.5 Å². The van der Waals surface area contributed by atoms with Gasteiger partial charge in [-0.1, -0.05) is 11.6 Å². The smallest absolute Gasteiger partial charge is 0.318 e. The molecule has 3 amide bonds. The lowest BCUT2D eigenvalue weighted by atomic mass is 10.0. The van der Waals surface area contributed by atoms with E-state index in [-0.39, 0.29) is 36.0 Å². The summed E-state index contributed by atoms with van der Waals surface area (Å²) in [5.74, 6) is -0.323. The van der Waals surface area contributed by atoms with Gasteiger partial charge in [-0.25, -0.2) is 13.2 Å². The highest BCUT2D eigenvalue weighted by molar-refractivity contribution is 7.91. The molecule has 0 spiro atoms. The number of carbonyl (C=O) groups is 2. The second-order valence-electron chi connectivity index (χ2n) is 7.27. The van der Waals surface area contributed by atoms with Crippen molar-refractivity contribution in [3.63, 3.8) is 0 Å². The average molecular weight is 425 g/mol. The monoisotopic (exact) mass is 424 g/mol. The summed E-state index contributed by atoms with van der Waals surface area (Å²) in [4.78, 5) is 29.4. The van der Waals surface area contributed by atoms with Crippen LogP contribution in [0.25, 0.3) is 10.9 Å². The first kappa shape index (κ1) is 19.1. The second kappa shape index (κ2) is 7.29. The molecule has 8 nitrogen and oxygen atoms in total. The fourth-order valence-electron chi connectivity index (χ4n) is 3.84. The highest BCUT2D eigenvalue weighted by Gasteiger charge is 2.29. The third-order valence-electron chi connectivity index (χ3n) is 5.22. The average Bonchev–Trinajstić information content (AvgIpc) is 3.18. The molecule has 1 saturated heterocycles. The number of carbonyl (C=O) groups excluding carboxylic acids is 2. The predicted octanol–water partition coefficient (Wildman–Crippen LogP) is 1.19. The van der Waals surface area contributed by atoms with Gasteiger partial charge in [-0.15, -0.1) is 0 Å². The maximum absolute atomic E-state index is 12.4. The van der Waals surface area contributed by atoms with Crippen LogP contribution in [0.15, 0.2) is 18.2 Å². The summed E-state index contributed by atoms with van der Waals surface area (Å²) >= 11 is 6.08. The predicted molar refractivity (Wildman–Crippen MR) is 106 cm³/mol. The van der Waals surface area contributed by atoms with Crippen molar-refractivity contribution in [2.24, 2.45) is 0 Å². The Hall–Kier alpha value is -2.26. The summed E-state index contributed by atoms with van der Waals surface area (Å²) < 4.78 is 22.9. The zero-order chi connectivity index (χ0) is 19.9. The van der Waals surface area contributed by atoms with Gasteiger partial charge in [-0.05, 0) is 36.6 Å². The highest BCUT2D eigenvalue weighted by atomic mass is 35.5. The van der Waals surface area contributed by atoms with Gasteiger partial charge in [-0.3, -0.25) is 4.79 Å². The van der Waals surface area contributed by atoms with Crippen LogP contribution in [0.5, 0.6) is 0 Å². The summed E-state index contributed by atoms with van der Waals surface area (Å²) in [6.45, 7) is 0.789. The van der Waals surface area contributed by atoms with Gasteiger partial charge in [-0.2, -0.15) is 0 Å². The molecule has 4 rings (SSSR count). The van der Waals surface area contributed by atoms with Crippen molar-refractivity contribution in [1.82, 2.24) is 20.5 Å². The molecule has 1 atom stereocenters. The molecule has 28 heavy (non-hydrogen) atoms. The van der Waals surface area contributed by atoms with E-state index < -0.39 is 9.84 Å². The number of halogens is 1. The Morgan fingerprint density at radius 1 is 1.32 bits per heavy atom. The Kier molecular flexibility index (Phi) is 4.96.